The Hall–Kier alpha value is -0.120. The quantitative estimate of drug-likeness (QED) is 0.0768. The van der Waals surface area contributed by atoms with Crippen LogP contribution in [0.4, 0.5) is 0 Å². The predicted molar refractivity (Wildman–Crippen MR) is 175 cm³/mol. The molecule has 0 bridgehead atoms. The largest absolute Gasteiger partial charge is 0.376 e. The number of hydrogen-bond donors (Lipinski definition) is 2. The van der Waals surface area contributed by atoms with Gasteiger partial charge in [-0.2, -0.15) is 0 Å². The van der Waals surface area contributed by atoms with Gasteiger partial charge in [-0.05, 0) is 65.7 Å². The summed E-state index contributed by atoms with van der Waals surface area (Å²) in [6.45, 7) is 8.97. The van der Waals surface area contributed by atoms with Gasteiger partial charge < -0.3 is 28.9 Å². The van der Waals surface area contributed by atoms with E-state index in [4.69, 9.17) is 35.1 Å². The molecule has 0 aromatic rings. The van der Waals surface area contributed by atoms with Gasteiger partial charge in [-0.25, -0.2) is 0 Å². The first kappa shape index (κ1) is 39.9. The van der Waals surface area contributed by atoms with Gasteiger partial charge in [-0.15, -0.1) is 0 Å². The number of unbranched alkanes of at least 4 members (excludes halogenated alkanes) is 12. The number of carbonyl (C=O) groups is 1. The van der Waals surface area contributed by atoms with Gasteiger partial charge in [0.15, 0.2) is 0 Å². The standard InChI is InChI=1S/C32H64NO7PS/c1-8-9-10-11-12-13-14-15-16-17-18-19-20-23-29(34)33-24-21-22-27-30(36-7)31(28(38-27)25-37-26(2)3)39-41(35,42)40-32(4,5)6/h26-28,30-31H,8-25H2,1-7H3,(H,33,34)(H,35,42)/t27-,28+,30+,31?,41?/m0/s1. The summed E-state index contributed by atoms with van der Waals surface area (Å²) in [6, 6.07) is 0. The lowest BCUT2D eigenvalue weighted by Gasteiger charge is -2.31. The number of ether oxygens (including phenoxy) is 3. The average Bonchev–Trinajstić information content (AvgIpc) is 3.21. The molecule has 0 radical (unpaired) electrons. The fourth-order valence-corrected chi connectivity index (χ4v) is 7.58. The minimum Gasteiger partial charge on any atom is -0.376 e. The average molecular weight is 638 g/mol. The highest BCUT2D eigenvalue weighted by Crippen LogP contribution is 2.51. The molecule has 2 N–H and O–H groups in total. The monoisotopic (exact) mass is 637 g/mol. The molecule has 0 spiro atoms. The summed E-state index contributed by atoms with van der Waals surface area (Å²) in [5, 5.41) is 3.05. The SMILES string of the molecule is CCCCCCCCCCCCCCCC(=O)NCCC[C@@H]1O[C@H](COC(C)C)C(OP(O)(=S)OC(C)(C)C)[C@@H]1OC. The van der Waals surface area contributed by atoms with E-state index in [0.29, 0.717) is 26.0 Å². The van der Waals surface area contributed by atoms with Crippen molar-refractivity contribution in [2.24, 2.45) is 0 Å². The van der Waals surface area contributed by atoms with Gasteiger partial charge in [0.05, 0.1) is 24.4 Å². The van der Waals surface area contributed by atoms with Gasteiger partial charge in [-0.1, -0.05) is 84.0 Å². The zero-order chi connectivity index (χ0) is 31.4. The Kier molecular flexibility index (Phi) is 21.3. The van der Waals surface area contributed by atoms with Crippen LogP contribution in [-0.4, -0.2) is 67.2 Å². The highest BCUT2D eigenvalue weighted by atomic mass is 32.5. The topological polar surface area (TPSA) is 95.5 Å². The minimum atomic E-state index is -3.54. The third kappa shape index (κ3) is 19.3. The van der Waals surface area contributed by atoms with Crippen LogP contribution >= 0.6 is 6.72 Å². The third-order valence-corrected chi connectivity index (χ3v) is 9.18. The molecule has 2 unspecified atom stereocenters. The van der Waals surface area contributed by atoms with Crippen LogP contribution in [0, 0.1) is 0 Å². The summed E-state index contributed by atoms with van der Waals surface area (Å²) in [4.78, 5) is 23.1. The zero-order valence-electron chi connectivity index (χ0n) is 27.9. The lowest BCUT2D eigenvalue weighted by molar-refractivity contribution is -0.121. The van der Waals surface area contributed by atoms with Crippen molar-refractivity contribution in [2.45, 2.75) is 180 Å². The summed E-state index contributed by atoms with van der Waals surface area (Å²) in [5.41, 5.74) is -0.652. The van der Waals surface area contributed by atoms with Crippen molar-refractivity contribution in [2.75, 3.05) is 20.3 Å². The Morgan fingerprint density at radius 1 is 0.905 bits per heavy atom. The normalized spacial score (nSPS) is 22.5. The number of hydrogen-bond acceptors (Lipinski definition) is 7. The van der Waals surface area contributed by atoms with Gasteiger partial charge in [0.2, 0.25) is 5.91 Å². The molecule has 10 heteroatoms. The van der Waals surface area contributed by atoms with Crippen molar-refractivity contribution in [1.29, 1.82) is 0 Å². The number of amides is 1. The molecule has 42 heavy (non-hydrogen) atoms. The van der Waals surface area contributed by atoms with Crippen LogP contribution < -0.4 is 5.32 Å². The number of rotatable bonds is 25. The predicted octanol–water partition coefficient (Wildman–Crippen LogP) is 7.99. The lowest BCUT2D eigenvalue weighted by atomic mass is 10.0. The van der Waals surface area contributed by atoms with Gasteiger partial charge in [-0.3, -0.25) is 9.32 Å². The zero-order valence-corrected chi connectivity index (χ0v) is 29.6. The molecule has 5 atom stereocenters. The van der Waals surface area contributed by atoms with E-state index < -0.39 is 30.6 Å². The summed E-state index contributed by atoms with van der Waals surface area (Å²) >= 11 is 5.31. The molecule has 0 aromatic heterocycles. The van der Waals surface area contributed by atoms with Crippen LogP contribution in [0.15, 0.2) is 0 Å². The van der Waals surface area contributed by atoms with Crippen molar-refractivity contribution in [3.8, 4) is 0 Å². The van der Waals surface area contributed by atoms with E-state index in [2.05, 4.69) is 12.2 Å². The maximum absolute atomic E-state index is 12.3. The van der Waals surface area contributed by atoms with Crippen molar-refractivity contribution in [3.63, 3.8) is 0 Å². The van der Waals surface area contributed by atoms with E-state index in [1.165, 1.54) is 70.6 Å². The van der Waals surface area contributed by atoms with E-state index in [0.717, 1.165) is 19.3 Å². The van der Waals surface area contributed by atoms with E-state index in [9.17, 15) is 9.69 Å². The summed E-state index contributed by atoms with van der Waals surface area (Å²) in [6.07, 6.45) is 17.1. The molecule has 1 aliphatic rings. The molecule has 1 saturated heterocycles. The molecule has 1 aliphatic heterocycles. The smallest absolute Gasteiger partial charge is 0.325 e. The summed E-state index contributed by atoms with van der Waals surface area (Å²) < 4.78 is 29.5. The lowest BCUT2D eigenvalue weighted by Crippen LogP contribution is -2.39. The van der Waals surface area contributed by atoms with Crippen LogP contribution in [0.25, 0.3) is 0 Å². The van der Waals surface area contributed by atoms with Crippen molar-refractivity contribution < 1.29 is 32.9 Å². The Bertz CT molecular complexity index is 749. The number of methoxy groups -OCH3 is 1. The molecule has 0 aromatic carbocycles. The first-order chi connectivity index (χ1) is 19.9. The Balaban J connectivity index is 2.30. The van der Waals surface area contributed by atoms with E-state index in [1.807, 2.05) is 34.6 Å². The summed E-state index contributed by atoms with van der Waals surface area (Å²) in [7, 11) is 1.60. The van der Waals surface area contributed by atoms with Crippen LogP contribution in [0.5, 0.6) is 0 Å². The van der Waals surface area contributed by atoms with Gasteiger partial charge in [0.25, 0.3) is 0 Å². The molecule has 1 rings (SSSR count). The van der Waals surface area contributed by atoms with Crippen LogP contribution in [0.3, 0.4) is 0 Å². The Morgan fingerprint density at radius 3 is 1.95 bits per heavy atom. The molecule has 1 fully saturated rings. The van der Waals surface area contributed by atoms with E-state index in [-0.39, 0.29) is 18.1 Å². The fourth-order valence-electron chi connectivity index (χ4n) is 5.31. The second-order valence-electron chi connectivity index (χ2n) is 13.0. The molecular formula is C32H64NO7PS. The molecule has 1 heterocycles. The van der Waals surface area contributed by atoms with Crippen molar-refractivity contribution in [1.82, 2.24) is 5.32 Å². The Labute approximate surface area is 262 Å². The number of carbonyl (C=O) groups excluding carboxylic acids is 1. The minimum absolute atomic E-state index is 0.0161. The molecule has 0 aliphatic carbocycles. The summed E-state index contributed by atoms with van der Waals surface area (Å²) in [5.74, 6) is 0.110. The molecule has 250 valence electrons. The molecule has 0 saturated carbocycles. The van der Waals surface area contributed by atoms with Crippen LogP contribution in [-0.2, 0) is 39.9 Å². The highest BCUT2D eigenvalue weighted by molar-refractivity contribution is 8.07. The number of nitrogens with one attached hydrogen (secondary N) is 1. The second-order valence-corrected chi connectivity index (χ2v) is 15.7. The molecular weight excluding hydrogens is 573 g/mol. The van der Waals surface area contributed by atoms with Crippen LogP contribution in [0.2, 0.25) is 0 Å². The fraction of sp³-hybridized carbons (Fsp3) is 0.969. The van der Waals surface area contributed by atoms with Crippen molar-refractivity contribution in [3.05, 3.63) is 0 Å². The second kappa shape index (κ2) is 22.4. The molecule has 8 nitrogen and oxygen atoms in total. The van der Waals surface area contributed by atoms with Crippen LogP contribution in [0.1, 0.15) is 144 Å². The highest BCUT2D eigenvalue weighted by Gasteiger charge is 2.48. The first-order valence-corrected chi connectivity index (χ1v) is 19.3. The third-order valence-electron chi connectivity index (χ3n) is 7.41. The van der Waals surface area contributed by atoms with Gasteiger partial charge in [0, 0.05) is 20.1 Å². The van der Waals surface area contributed by atoms with Gasteiger partial charge >= 0.3 is 6.72 Å². The van der Waals surface area contributed by atoms with E-state index in [1.54, 1.807) is 7.11 Å². The maximum Gasteiger partial charge on any atom is 0.325 e. The van der Waals surface area contributed by atoms with E-state index >= 15 is 0 Å². The van der Waals surface area contributed by atoms with Gasteiger partial charge in [0.1, 0.15) is 18.3 Å². The van der Waals surface area contributed by atoms with Crippen molar-refractivity contribution >= 4 is 24.4 Å². The molecule has 1 amide bonds. The first-order valence-electron chi connectivity index (χ1n) is 16.7. The Morgan fingerprint density at radius 2 is 1.45 bits per heavy atom. The maximum atomic E-state index is 12.3.